The number of hydrogen-bond acceptors (Lipinski definition) is 11. The van der Waals surface area contributed by atoms with Crippen LogP contribution in [0.4, 0.5) is 5.13 Å². The van der Waals surface area contributed by atoms with Crippen LogP contribution in [0, 0.1) is 5.92 Å². The fourth-order valence-electron chi connectivity index (χ4n) is 3.08. The number of nitrogens with two attached hydrogens (primary N) is 1. The van der Waals surface area contributed by atoms with Gasteiger partial charge >= 0.3 is 5.97 Å². The molecule has 2 aliphatic rings. The predicted molar refractivity (Wildman–Crippen MR) is 106 cm³/mol. The first-order valence-electron chi connectivity index (χ1n) is 9.26. The SMILES string of the molecule is CC(=O)CON1C(=O)[C@@H](CC(=O)/C(=N\OC2(C(=O)O)COC2)c2csc(N)n2)C1(C)C. The fourth-order valence-corrected chi connectivity index (χ4v) is 3.63. The highest BCUT2D eigenvalue weighted by Crippen LogP contribution is 2.40. The molecule has 2 saturated heterocycles. The highest BCUT2D eigenvalue weighted by atomic mass is 32.1. The Kier molecular flexibility index (Phi) is 6.11. The number of nitrogens with zero attached hydrogens (tertiary/aromatic N) is 3. The fraction of sp³-hybridized carbons (Fsp3) is 0.556. The van der Waals surface area contributed by atoms with Crippen LogP contribution in [0.25, 0.3) is 0 Å². The van der Waals surface area contributed by atoms with Crippen molar-refractivity contribution in [3.8, 4) is 0 Å². The van der Waals surface area contributed by atoms with Gasteiger partial charge in [-0.15, -0.1) is 11.3 Å². The van der Waals surface area contributed by atoms with Gasteiger partial charge in [0.15, 0.2) is 22.4 Å². The van der Waals surface area contributed by atoms with E-state index in [1.165, 1.54) is 12.3 Å². The number of ether oxygens (including phenoxy) is 1. The summed E-state index contributed by atoms with van der Waals surface area (Å²) in [7, 11) is 0. The van der Waals surface area contributed by atoms with Gasteiger partial charge in [-0.1, -0.05) is 5.16 Å². The minimum atomic E-state index is -1.68. The molecule has 1 aromatic heterocycles. The summed E-state index contributed by atoms with van der Waals surface area (Å²) in [6.45, 7) is 4.04. The van der Waals surface area contributed by atoms with E-state index < -0.39 is 34.7 Å². The van der Waals surface area contributed by atoms with E-state index in [4.69, 9.17) is 20.1 Å². The molecule has 12 nitrogen and oxygen atoms in total. The molecule has 3 rings (SSSR count). The van der Waals surface area contributed by atoms with Gasteiger partial charge in [0.05, 0.1) is 11.5 Å². The number of aromatic nitrogens is 1. The molecule has 0 bridgehead atoms. The van der Waals surface area contributed by atoms with Crippen LogP contribution in [0.3, 0.4) is 0 Å². The van der Waals surface area contributed by atoms with Crippen molar-refractivity contribution in [2.45, 2.75) is 38.3 Å². The number of β-lactam (4-membered cyclic amide) rings is 1. The number of amides is 1. The molecule has 0 radical (unpaired) electrons. The lowest BCUT2D eigenvalue weighted by Gasteiger charge is -2.52. The van der Waals surface area contributed by atoms with E-state index in [1.54, 1.807) is 13.8 Å². The van der Waals surface area contributed by atoms with Crippen molar-refractivity contribution < 1.29 is 38.7 Å². The monoisotopic (exact) mass is 454 g/mol. The number of carbonyl (C=O) groups excluding carboxylic acids is 3. The van der Waals surface area contributed by atoms with Gasteiger partial charge < -0.3 is 20.4 Å². The summed E-state index contributed by atoms with van der Waals surface area (Å²) in [4.78, 5) is 62.5. The molecular formula is C18H22N4O8S. The molecule has 0 saturated carbocycles. The number of oxime groups is 1. The summed E-state index contributed by atoms with van der Waals surface area (Å²) in [6.07, 6.45) is -0.248. The van der Waals surface area contributed by atoms with Crippen LogP contribution in [-0.2, 0) is 33.6 Å². The summed E-state index contributed by atoms with van der Waals surface area (Å²) in [5.74, 6) is -3.30. The minimum Gasteiger partial charge on any atom is -0.478 e. The Bertz CT molecular complexity index is 952. The Morgan fingerprint density at radius 1 is 1.42 bits per heavy atom. The number of hydrogen-bond donors (Lipinski definition) is 2. The molecule has 0 unspecified atom stereocenters. The average Bonchev–Trinajstić information content (AvgIpc) is 3.06. The number of rotatable bonds is 10. The summed E-state index contributed by atoms with van der Waals surface area (Å²) >= 11 is 1.07. The second-order valence-corrected chi connectivity index (χ2v) is 8.73. The Morgan fingerprint density at radius 2 is 2.10 bits per heavy atom. The van der Waals surface area contributed by atoms with Gasteiger partial charge in [-0.05, 0) is 20.8 Å². The van der Waals surface area contributed by atoms with Crippen LogP contribution in [0.5, 0.6) is 0 Å². The summed E-state index contributed by atoms with van der Waals surface area (Å²) in [5.41, 5.74) is 2.98. The van der Waals surface area contributed by atoms with Crippen LogP contribution in [0.1, 0.15) is 32.9 Å². The van der Waals surface area contributed by atoms with E-state index in [1.807, 2.05) is 0 Å². The first-order valence-corrected chi connectivity index (χ1v) is 10.1. The second kappa shape index (κ2) is 8.32. The number of carboxylic acids is 1. The number of nitrogen functional groups attached to an aromatic ring is 1. The van der Waals surface area contributed by atoms with E-state index in [0.717, 1.165) is 16.4 Å². The van der Waals surface area contributed by atoms with Crippen LogP contribution < -0.4 is 5.73 Å². The molecule has 3 N–H and O–H groups in total. The molecule has 2 fully saturated rings. The van der Waals surface area contributed by atoms with Crippen molar-refractivity contribution in [2.24, 2.45) is 11.1 Å². The number of carboxylic acid groups (broad SMARTS) is 1. The van der Waals surface area contributed by atoms with Gasteiger partial charge in [0, 0.05) is 11.8 Å². The minimum absolute atomic E-state index is 0.113. The van der Waals surface area contributed by atoms with Crippen molar-refractivity contribution in [3.05, 3.63) is 11.1 Å². The zero-order valence-electron chi connectivity index (χ0n) is 17.1. The number of anilines is 1. The molecule has 0 aromatic carbocycles. The lowest BCUT2D eigenvalue weighted by molar-refractivity contribution is -0.264. The Hall–Kier alpha value is -2.90. The quantitative estimate of drug-likeness (QED) is 0.279. The van der Waals surface area contributed by atoms with E-state index in [2.05, 4.69) is 10.1 Å². The first-order chi connectivity index (χ1) is 14.5. The predicted octanol–water partition coefficient (Wildman–Crippen LogP) is 0.0164. The van der Waals surface area contributed by atoms with E-state index in [-0.39, 0.29) is 48.6 Å². The van der Waals surface area contributed by atoms with Crippen molar-refractivity contribution in [2.75, 3.05) is 25.6 Å². The van der Waals surface area contributed by atoms with Crippen molar-refractivity contribution in [1.82, 2.24) is 10.0 Å². The van der Waals surface area contributed by atoms with Gasteiger partial charge in [-0.25, -0.2) is 14.8 Å². The maximum atomic E-state index is 13.0. The smallest absolute Gasteiger partial charge is 0.355 e. The Labute approximate surface area is 180 Å². The number of aliphatic carboxylic acids is 1. The molecule has 13 heteroatoms. The van der Waals surface area contributed by atoms with E-state index in [9.17, 15) is 24.3 Å². The molecule has 31 heavy (non-hydrogen) atoms. The molecule has 0 aliphatic carbocycles. The third-order valence-electron chi connectivity index (χ3n) is 5.06. The van der Waals surface area contributed by atoms with E-state index >= 15 is 0 Å². The molecular weight excluding hydrogens is 432 g/mol. The summed E-state index contributed by atoms with van der Waals surface area (Å²) < 4.78 is 4.90. The lowest BCUT2D eigenvalue weighted by atomic mass is 9.74. The molecule has 1 atom stereocenters. The first kappa shape index (κ1) is 22.8. The van der Waals surface area contributed by atoms with Gasteiger partial charge in [0.25, 0.3) is 11.5 Å². The second-order valence-electron chi connectivity index (χ2n) is 7.84. The van der Waals surface area contributed by atoms with Crippen molar-refractivity contribution >= 4 is 45.6 Å². The zero-order valence-corrected chi connectivity index (χ0v) is 17.9. The Morgan fingerprint density at radius 3 is 2.55 bits per heavy atom. The third-order valence-corrected chi connectivity index (χ3v) is 5.74. The number of carbonyl (C=O) groups is 4. The standard InChI is InChI=1S/C18H22N4O8S/c1-9(23)5-29-22-14(25)10(17(22,2)3)4-12(24)13(11-6-31-16(19)20-11)21-30-18(15(26)27)7-28-8-18/h6,10H,4-5,7-8H2,1-3H3,(H2,19,20)(H,26,27)/b21-13-/t10-/m1/s1. The molecule has 3 heterocycles. The number of thiazole rings is 1. The molecule has 1 amide bonds. The Balaban J connectivity index is 1.78. The van der Waals surface area contributed by atoms with Gasteiger partial charge in [-0.3, -0.25) is 19.2 Å². The molecule has 0 spiro atoms. The highest BCUT2D eigenvalue weighted by molar-refractivity contribution is 7.13. The van der Waals surface area contributed by atoms with Crippen LogP contribution in [-0.4, -0.2) is 75.3 Å². The van der Waals surface area contributed by atoms with E-state index in [0.29, 0.717) is 0 Å². The van der Waals surface area contributed by atoms with Crippen LogP contribution in [0.15, 0.2) is 10.5 Å². The van der Waals surface area contributed by atoms with Gasteiger partial charge in [0.1, 0.15) is 25.5 Å². The topological polar surface area (TPSA) is 171 Å². The van der Waals surface area contributed by atoms with Gasteiger partial charge in [0.2, 0.25) is 0 Å². The largest absolute Gasteiger partial charge is 0.478 e. The highest BCUT2D eigenvalue weighted by Gasteiger charge is 2.56. The number of ketones is 2. The number of Topliss-reactive ketones (excluding diaryl/α,β-unsaturated/α-hetero) is 2. The maximum absolute atomic E-state index is 13.0. The van der Waals surface area contributed by atoms with Crippen molar-refractivity contribution in [3.63, 3.8) is 0 Å². The molecule has 1 aromatic rings. The third kappa shape index (κ3) is 4.29. The zero-order chi connectivity index (χ0) is 23.0. The average molecular weight is 454 g/mol. The maximum Gasteiger partial charge on any atom is 0.355 e. The number of hydroxylamine groups is 2. The van der Waals surface area contributed by atoms with Crippen LogP contribution >= 0.6 is 11.3 Å². The summed E-state index contributed by atoms with van der Waals surface area (Å²) in [6, 6.07) is 0. The van der Waals surface area contributed by atoms with Crippen LogP contribution in [0.2, 0.25) is 0 Å². The molecule has 168 valence electrons. The summed E-state index contributed by atoms with van der Waals surface area (Å²) in [5, 5.41) is 15.9. The van der Waals surface area contributed by atoms with Gasteiger partial charge in [-0.2, -0.15) is 0 Å². The normalized spacial score (nSPS) is 21.8. The lowest BCUT2D eigenvalue weighted by Crippen LogP contribution is -2.68. The van der Waals surface area contributed by atoms with Crippen molar-refractivity contribution in [1.29, 1.82) is 0 Å². The molecule has 2 aliphatic heterocycles.